The topological polar surface area (TPSA) is 134 Å². The molecule has 194 valence electrons. The molecule has 2 heterocycles. The summed E-state index contributed by atoms with van der Waals surface area (Å²) < 4.78 is 40.5. The van der Waals surface area contributed by atoms with Gasteiger partial charge < -0.3 is 24.6 Å². The van der Waals surface area contributed by atoms with E-state index in [2.05, 4.69) is 4.90 Å². The summed E-state index contributed by atoms with van der Waals surface area (Å²) in [5.41, 5.74) is 2.05. The summed E-state index contributed by atoms with van der Waals surface area (Å²) in [7, 11) is -0.631. The summed E-state index contributed by atoms with van der Waals surface area (Å²) in [6.45, 7) is 7.53. The quantitative estimate of drug-likeness (QED) is 0.316. The van der Waals surface area contributed by atoms with Gasteiger partial charge >= 0.3 is 5.97 Å². The molecule has 1 spiro atoms. The van der Waals surface area contributed by atoms with Crippen LogP contribution in [0, 0.1) is 6.92 Å². The molecular formula is C25H35NO8S. The van der Waals surface area contributed by atoms with Crippen LogP contribution in [0.4, 0.5) is 0 Å². The third kappa shape index (κ3) is 6.94. The Balaban J connectivity index is 0.000000280. The van der Waals surface area contributed by atoms with Gasteiger partial charge in [0, 0.05) is 19.5 Å². The average Bonchev–Trinajstić information content (AvgIpc) is 2.83. The lowest BCUT2D eigenvalue weighted by molar-refractivity contribution is -0.180. The number of methoxy groups -OCH3 is 1. The van der Waals surface area contributed by atoms with Crippen LogP contribution in [0.15, 0.2) is 41.3 Å². The number of piperidine rings is 1. The number of aryl methyl sites for hydroxylation is 1. The van der Waals surface area contributed by atoms with Crippen molar-refractivity contribution < 1.29 is 37.5 Å². The lowest BCUT2D eigenvalue weighted by Gasteiger charge is -2.46. The summed E-state index contributed by atoms with van der Waals surface area (Å²) in [4.78, 5) is 14.1. The average molecular weight is 510 g/mol. The fourth-order valence-corrected chi connectivity index (χ4v) is 4.61. The maximum atomic E-state index is 11.9. The van der Waals surface area contributed by atoms with Crippen molar-refractivity contribution in [2.75, 3.05) is 27.2 Å². The minimum atomic E-state index is -4.02. The third-order valence-electron chi connectivity index (χ3n) is 6.04. The van der Waals surface area contributed by atoms with Crippen LogP contribution in [-0.2, 0) is 36.4 Å². The Kier molecular flexibility index (Phi) is 9.68. The maximum absolute atomic E-state index is 11.9. The molecule has 9 nitrogen and oxygen atoms in total. The normalized spacial score (nSPS) is 18.9. The van der Waals surface area contributed by atoms with E-state index in [1.54, 1.807) is 18.2 Å². The predicted molar refractivity (Wildman–Crippen MR) is 131 cm³/mol. The molecule has 2 aliphatic rings. The first-order valence-corrected chi connectivity index (χ1v) is 12.9. The van der Waals surface area contributed by atoms with Crippen LogP contribution in [-0.4, -0.2) is 67.4 Å². The summed E-state index contributed by atoms with van der Waals surface area (Å²) in [5.74, 6) is -0.735. The summed E-state index contributed by atoms with van der Waals surface area (Å²) in [6.07, 6.45) is 1.13. The van der Waals surface area contributed by atoms with E-state index in [1.807, 2.05) is 27.8 Å². The van der Waals surface area contributed by atoms with Gasteiger partial charge in [-0.2, -0.15) is 8.42 Å². The molecule has 1 atom stereocenters. The maximum Gasteiger partial charge on any atom is 0.335 e. The number of hydrogen-bond donors (Lipinski definition) is 3. The fraction of sp³-hybridized carbons (Fsp3) is 0.480. The molecule has 35 heavy (non-hydrogen) atoms. The van der Waals surface area contributed by atoms with Crippen LogP contribution >= 0.6 is 0 Å². The Morgan fingerprint density at radius 3 is 2.14 bits per heavy atom. The molecule has 0 unspecified atom stereocenters. The lowest BCUT2D eigenvalue weighted by Crippen LogP contribution is -2.49. The van der Waals surface area contributed by atoms with E-state index in [4.69, 9.17) is 14.0 Å². The van der Waals surface area contributed by atoms with Gasteiger partial charge in [-0.25, -0.2) is 4.79 Å². The number of phenolic OH excluding ortho intramolecular Hbond substituents is 2. The van der Waals surface area contributed by atoms with Crippen molar-refractivity contribution >= 4 is 16.1 Å². The van der Waals surface area contributed by atoms with Crippen molar-refractivity contribution in [2.45, 2.75) is 56.6 Å². The lowest BCUT2D eigenvalue weighted by atomic mass is 9.78. The second kappa shape index (κ2) is 11.9. The fourth-order valence-electron chi connectivity index (χ4n) is 4.13. The van der Waals surface area contributed by atoms with Crippen molar-refractivity contribution in [3.63, 3.8) is 0 Å². The van der Waals surface area contributed by atoms with E-state index in [1.165, 1.54) is 25.3 Å². The van der Waals surface area contributed by atoms with Crippen LogP contribution in [0.3, 0.4) is 0 Å². The molecule has 1 fully saturated rings. The predicted octanol–water partition coefficient (Wildman–Crippen LogP) is 3.40. The van der Waals surface area contributed by atoms with Gasteiger partial charge in [0.05, 0.1) is 17.6 Å². The van der Waals surface area contributed by atoms with Crippen LogP contribution in [0.1, 0.15) is 43.4 Å². The van der Waals surface area contributed by atoms with Gasteiger partial charge in [0.2, 0.25) is 0 Å². The van der Waals surface area contributed by atoms with Crippen molar-refractivity contribution in [1.82, 2.24) is 4.90 Å². The number of carbonyl (C=O) groups is 1. The van der Waals surface area contributed by atoms with Crippen molar-refractivity contribution in [3.05, 3.63) is 53.1 Å². The van der Waals surface area contributed by atoms with E-state index in [9.17, 15) is 23.4 Å². The first-order valence-electron chi connectivity index (χ1n) is 11.5. The molecule has 0 aliphatic carbocycles. The molecule has 0 aromatic heterocycles. The van der Waals surface area contributed by atoms with Crippen molar-refractivity contribution in [2.24, 2.45) is 0 Å². The SMILES string of the molecule is CC.COC(=O)[C@H]1Cc2cc(O)c(O)cc2C2(CCN(C)CC2)O1.Cc1ccc(S(=O)(=O)O)cc1. The third-order valence-corrected chi connectivity index (χ3v) is 6.91. The van der Waals surface area contributed by atoms with E-state index in [0.29, 0.717) is 6.42 Å². The molecule has 2 aromatic rings. The Bertz CT molecular complexity index is 1110. The smallest absolute Gasteiger partial charge is 0.335 e. The highest BCUT2D eigenvalue weighted by Gasteiger charge is 2.46. The number of hydrogen-bond acceptors (Lipinski definition) is 8. The molecular weight excluding hydrogens is 474 g/mol. The molecule has 0 bridgehead atoms. The largest absolute Gasteiger partial charge is 0.504 e. The number of carbonyl (C=O) groups excluding carboxylic acids is 1. The van der Waals surface area contributed by atoms with Gasteiger partial charge in [-0.15, -0.1) is 0 Å². The van der Waals surface area contributed by atoms with E-state index >= 15 is 0 Å². The Labute approximate surface area is 207 Å². The van der Waals surface area contributed by atoms with Gasteiger partial charge in [-0.05, 0) is 62.2 Å². The van der Waals surface area contributed by atoms with E-state index in [0.717, 1.165) is 42.6 Å². The van der Waals surface area contributed by atoms with Crippen LogP contribution in [0.2, 0.25) is 0 Å². The molecule has 0 radical (unpaired) electrons. The number of esters is 1. The van der Waals surface area contributed by atoms with Crippen LogP contribution in [0.25, 0.3) is 0 Å². The van der Waals surface area contributed by atoms with Crippen molar-refractivity contribution in [1.29, 1.82) is 0 Å². The van der Waals surface area contributed by atoms with E-state index < -0.39 is 27.8 Å². The van der Waals surface area contributed by atoms with Gasteiger partial charge in [-0.1, -0.05) is 31.5 Å². The van der Waals surface area contributed by atoms with Gasteiger partial charge in [-0.3, -0.25) is 4.55 Å². The number of nitrogens with zero attached hydrogens (tertiary/aromatic N) is 1. The Morgan fingerprint density at radius 2 is 1.63 bits per heavy atom. The summed E-state index contributed by atoms with van der Waals surface area (Å²) in [6, 6.07) is 9.09. The summed E-state index contributed by atoms with van der Waals surface area (Å²) in [5, 5.41) is 19.6. The molecule has 0 saturated carbocycles. The standard InChI is InChI=1S/C16H21NO5.C7H8O3S.C2H6/c1-17-5-3-16(4-6-17)11-9-13(19)12(18)7-10(11)8-14(22-16)15(20)21-2;1-6-2-4-7(5-3-6)11(8,9)10;1-2/h7,9,14,18-19H,3-6,8H2,1-2H3;2-5H,1H3,(H,8,9,10);1-2H3/t14-;;/m1../s1. The van der Waals surface area contributed by atoms with Gasteiger partial charge in [0.1, 0.15) is 0 Å². The Hall–Kier alpha value is -2.66. The monoisotopic (exact) mass is 509 g/mol. The molecule has 2 aromatic carbocycles. The zero-order chi connectivity index (χ0) is 26.4. The highest BCUT2D eigenvalue weighted by molar-refractivity contribution is 7.85. The second-order valence-electron chi connectivity index (χ2n) is 8.42. The first kappa shape index (κ1) is 28.6. The second-order valence-corrected chi connectivity index (χ2v) is 9.84. The number of rotatable bonds is 2. The molecule has 10 heteroatoms. The number of likely N-dealkylation sites (tertiary alicyclic amines) is 1. The van der Waals surface area contributed by atoms with E-state index in [-0.39, 0.29) is 16.4 Å². The highest BCUT2D eigenvalue weighted by Crippen LogP contribution is 2.46. The molecule has 0 amide bonds. The van der Waals surface area contributed by atoms with Crippen LogP contribution < -0.4 is 0 Å². The van der Waals surface area contributed by atoms with Crippen LogP contribution in [0.5, 0.6) is 11.5 Å². The summed E-state index contributed by atoms with van der Waals surface area (Å²) >= 11 is 0. The van der Waals surface area contributed by atoms with Gasteiger partial charge in [0.25, 0.3) is 10.1 Å². The number of aromatic hydroxyl groups is 2. The number of phenols is 2. The molecule has 4 rings (SSSR count). The zero-order valence-electron chi connectivity index (χ0n) is 20.8. The van der Waals surface area contributed by atoms with Gasteiger partial charge in [0.15, 0.2) is 17.6 Å². The first-order chi connectivity index (χ1) is 16.4. The minimum absolute atomic E-state index is 0.0666. The molecule has 1 saturated heterocycles. The van der Waals surface area contributed by atoms with Crippen molar-refractivity contribution in [3.8, 4) is 11.5 Å². The highest BCUT2D eigenvalue weighted by atomic mass is 32.2. The molecule has 2 aliphatic heterocycles. The number of benzene rings is 2. The minimum Gasteiger partial charge on any atom is -0.504 e. The molecule has 3 N–H and O–H groups in total. The number of fused-ring (bicyclic) bond motifs is 2. The number of ether oxygens (including phenoxy) is 2. The Morgan fingerprint density at radius 1 is 1.09 bits per heavy atom. The zero-order valence-corrected chi connectivity index (χ0v) is 21.6.